The SMILES string of the molecule is O=c1[nH]c(CN(Cc2ccc(F)cc2)C2CC2)nc2sc3c(c12)CCC3. The van der Waals surface area contributed by atoms with Crippen molar-refractivity contribution in [3.05, 3.63) is 62.3 Å². The van der Waals surface area contributed by atoms with E-state index in [1.807, 2.05) is 12.1 Å². The second kappa shape index (κ2) is 6.28. The average molecular weight is 369 g/mol. The van der Waals surface area contributed by atoms with Crippen molar-refractivity contribution >= 4 is 21.6 Å². The topological polar surface area (TPSA) is 49.0 Å². The predicted molar refractivity (Wildman–Crippen MR) is 101 cm³/mol. The van der Waals surface area contributed by atoms with E-state index in [4.69, 9.17) is 4.98 Å². The summed E-state index contributed by atoms with van der Waals surface area (Å²) in [6, 6.07) is 7.18. The lowest BCUT2D eigenvalue weighted by atomic mass is 10.2. The van der Waals surface area contributed by atoms with Crippen molar-refractivity contribution in [3.8, 4) is 0 Å². The molecule has 2 aromatic heterocycles. The van der Waals surface area contributed by atoms with Crippen LogP contribution in [0, 0.1) is 5.82 Å². The quantitative estimate of drug-likeness (QED) is 0.745. The van der Waals surface area contributed by atoms with E-state index in [0.717, 1.165) is 47.4 Å². The molecular weight excluding hydrogens is 349 g/mol. The maximum absolute atomic E-state index is 13.1. The van der Waals surface area contributed by atoms with Gasteiger partial charge in [0.2, 0.25) is 0 Å². The van der Waals surface area contributed by atoms with Gasteiger partial charge in [-0.2, -0.15) is 0 Å². The van der Waals surface area contributed by atoms with Crippen molar-refractivity contribution in [1.29, 1.82) is 0 Å². The Bertz CT molecular complexity index is 1020. The number of halogens is 1. The molecule has 0 unspecified atom stereocenters. The minimum atomic E-state index is -0.214. The summed E-state index contributed by atoms with van der Waals surface area (Å²) in [6.45, 7) is 1.36. The number of aromatic nitrogens is 2. The number of H-pyrrole nitrogens is 1. The van der Waals surface area contributed by atoms with Crippen LogP contribution < -0.4 is 5.56 Å². The molecule has 1 saturated carbocycles. The first-order valence-corrected chi connectivity index (χ1v) is 10.0. The van der Waals surface area contributed by atoms with Gasteiger partial charge in [-0.25, -0.2) is 9.37 Å². The molecule has 3 aromatic rings. The highest BCUT2D eigenvalue weighted by molar-refractivity contribution is 7.18. The highest BCUT2D eigenvalue weighted by Crippen LogP contribution is 2.35. The van der Waals surface area contributed by atoms with Gasteiger partial charge in [0.1, 0.15) is 16.5 Å². The van der Waals surface area contributed by atoms with Crippen LogP contribution in [0.1, 0.15) is 41.1 Å². The molecule has 0 aliphatic heterocycles. The fraction of sp³-hybridized carbons (Fsp3) is 0.400. The predicted octanol–water partition coefficient (Wildman–Crippen LogP) is 3.78. The molecule has 2 aliphatic carbocycles. The number of aromatic amines is 1. The summed E-state index contributed by atoms with van der Waals surface area (Å²) in [5.74, 6) is 0.519. The van der Waals surface area contributed by atoms with Crippen molar-refractivity contribution in [2.24, 2.45) is 0 Å². The van der Waals surface area contributed by atoms with E-state index in [-0.39, 0.29) is 11.4 Å². The minimum Gasteiger partial charge on any atom is -0.309 e. The summed E-state index contributed by atoms with van der Waals surface area (Å²) in [5, 5.41) is 0.808. The number of benzene rings is 1. The normalized spacial score (nSPS) is 16.5. The Hall–Kier alpha value is -2.05. The third-order valence-corrected chi connectivity index (χ3v) is 6.52. The van der Waals surface area contributed by atoms with Crippen LogP contribution in [0.3, 0.4) is 0 Å². The van der Waals surface area contributed by atoms with Gasteiger partial charge in [0.25, 0.3) is 5.56 Å². The van der Waals surface area contributed by atoms with Crippen molar-refractivity contribution < 1.29 is 4.39 Å². The molecule has 0 bridgehead atoms. The number of fused-ring (bicyclic) bond motifs is 3. The molecule has 0 amide bonds. The second-order valence-electron chi connectivity index (χ2n) is 7.31. The third-order valence-electron chi connectivity index (χ3n) is 5.34. The van der Waals surface area contributed by atoms with Crippen LogP contribution >= 0.6 is 11.3 Å². The molecule has 2 aliphatic rings. The molecule has 4 nitrogen and oxygen atoms in total. The summed E-state index contributed by atoms with van der Waals surface area (Å²) in [5.41, 5.74) is 2.30. The Morgan fingerprint density at radius 1 is 1.19 bits per heavy atom. The molecule has 1 fully saturated rings. The summed E-state index contributed by atoms with van der Waals surface area (Å²) < 4.78 is 13.1. The Balaban J connectivity index is 1.43. The summed E-state index contributed by atoms with van der Waals surface area (Å²) in [4.78, 5) is 25.0. The van der Waals surface area contributed by atoms with E-state index in [9.17, 15) is 9.18 Å². The molecule has 0 saturated heterocycles. The molecule has 5 rings (SSSR count). The number of aryl methyl sites for hydroxylation is 2. The molecule has 26 heavy (non-hydrogen) atoms. The van der Waals surface area contributed by atoms with Gasteiger partial charge in [0.15, 0.2) is 0 Å². The Labute approximate surface area is 154 Å². The number of hydrogen-bond acceptors (Lipinski definition) is 4. The average Bonchev–Trinajstić information content (AvgIpc) is 3.26. The van der Waals surface area contributed by atoms with Gasteiger partial charge >= 0.3 is 0 Å². The first-order chi connectivity index (χ1) is 12.7. The molecule has 134 valence electrons. The first kappa shape index (κ1) is 16.1. The highest BCUT2D eigenvalue weighted by Gasteiger charge is 2.30. The molecule has 2 heterocycles. The lowest BCUT2D eigenvalue weighted by Crippen LogP contribution is -2.27. The van der Waals surface area contributed by atoms with E-state index >= 15 is 0 Å². The van der Waals surface area contributed by atoms with Crippen molar-refractivity contribution in [3.63, 3.8) is 0 Å². The van der Waals surface area contributed by atoms with Crippen LogP contribution in [0.15, 0.2) is 29.1 Å². The van der Waals surface area contributed by atoms with E-state index in [1.54, 1.807) is 11.3 Å². The lowest BCUT2D eigenvalue weighted by Gasteiger charge is -2.21. The standard InChI is InChI=1S/C20H20FN3OS/c21-13-6-4-12(5-7-13)10-24(14-8-9-14)11-17-22-19(25)18-15-2-1-3-16(15)26-20(18)23-17/h4-7,14H,1-3,8-11H2,(H,22,23,25). The van der Waals surface area contributed by atoms with Gasteiger partial charge in [-0.15, -0.1) is 11.3 Å². The maximum Gasteiger partial charge on any atom is 0.259 e. The molecule has 6 heteroatoms. The van der Waals surface area contributed by atoms with Crippen molar-refractivity contribution in [1.82, 2.24) is 14.9 Å². The van der Waals surface area contributed by atoms with Gasteiger partial charge in [0.05, 0.1) is 11.9 Å². The fourth-order valence-electron chi connectivity index (χ4n) is 3.89. The van der Waals surface area contributed by atoms with Crippen LogP contribution in [0.4, 0.5) is 4.39 Å². The first-order valence-electron chi connectivity index (χ1n) is 9.19. The molecule has 0 atom stereocenters. The van der Waals surface area contributed by atoms with Gasteiger partial charge in [0, 0.05) is 17.5 Å². The number of nitrogens with one attached hydrogen (secondary N) is 1. The summed E-state index contributed by atoms with van der Waals surface area (Å²) in [6.07, 6.45) is 5.55. The van der Waals surface area contributed by atoms with Gasteiger partial charge < -0.3 is 4.98 Å². The molecule has 1 aromatic carbocycles. The van der Waals surface area contributed by atoms with E-state index in [0.29, 0.717) is 12.6 Å². The lowest BCUT2D eigenvalue weighted by molar-refractivity contribution is 0.239. The van der Waals surface area contributed by atoms with E-state index in [2.05, 4.69) is 9.88 Å². The molecule has 1 N–H and O–H groups in total. The smallest absolute Gasteiger partial charge is 0.259 e. The van der Waals surface area contributed by atoms with Crippen molar-refractivity contribution in [2.45, 2.75) is 51.2 Å². The number of thiophene rings is 1. The van der Waals surface area contributed by atoms with Gasteiger partial charge in [-0.05, 0) is 55.4 Å². The van der Waals surface area contributed by atoms with Crippen LogP contribution in [-0.4, -0.2) is 20.9 Å². The van der Waals surface area contributed by atoms with Crippen LogP contribution in [-0.2, 0) is 25.9 Å². The highest BCUT2D eigenvalue weighted by atomic mass is 32.1. The maximum atomic E-state index is 13.1. The minimum absolute atomic E-state index is 0.00179. The zero-order chi connectivity index (χ0) is 17.7. The summed E-state index contributed by atoms with van der Waals surface area (Å²) in [7, 11) is 0. The zero-order valence-electron chi connectivity index (χ0n) is 14.4. The van der Waals surface area contributed by atoms with E-state index in [1.165, 1.54) is 35.4 Å². The van der Waals surface area contributed by atoms with Crippen LogP contribution in [0.2, 0.25) is 0 Å². The largest absolute Gasteiger partial charge is 0.309 e. The third kappa shape index (κ3) is 2.97. The van der Waals surface area contributed by atoms with Gasteiger partial charge in [-0.1, -0.05) is 12.1 Å². The zero-order valence-corrected chi connectivity index (χ0v) is 15.2. The van der Waals surface area contributed by atoms with E-state index < -0.39 is 0 Å². The van der Waals surface area contributed by atoms with Crippen LogP contribution in [0.5, 0.6) is 0 Å². The number of hydrogen-bond donors (Lipinski definition) is 1. The number of rotatable bonds is 5. The monoisotopic (exact) mass is 369 g/mol. The Morgan fingerprint density at radius 2 is 2.00 bits per heavy atom. The Kier molecular flexibility index (Phi) is 3.90. The fourth-order valence-corrected chi connectivity index (χ4v) is 5.17. The Morgan fingerprint density at radius 3 is 2.77 bits per heavy atom. The number of nitrogens with zero attached hydrogens (tertiary/aromatic N) is 2. The van der Waals surface area contributed by atoms with Crippen molar-refractivity contribution in [2.75, 3.05) is 0 Å². The molecule has 0 spiro atoms. The van der Waals surface area contributed by atoms with Crippen LogP contribution in [0.25, 0.3) is 10.2 Å². The second-order valence-corrected chi connectivity index (χ2v) is 8.40. The molecular formula is C20H20FN3OS. The summed E-state index contributed by atoms with van der Waals surface area (Å²) >= 11 is 1.68. The molecule has 0 radical (unpaired) electrons. The van der Waals surface area contributed by atoms with Gasteiger partial charge in [-0.3, -0.25) is 9.69 Å².